The molecule has 0 radical (unpaired) electrons. The van der Waals surface area contributed by atoms with Crippen molar-refractivity contribution in [1.82, 2.24) is 4.98 Å². The molecular weight excluding hydrogens is 422 g/mol. The lowest BCUT2D eigenvalue weighted by atomic mass is 10.1. The Morgan fingerprint density at radius 1 is 0.969 bits per heavy atom. The van der Waals surface area contributed by atoms with Crippen molar-refractivity contribution in [2.45, 2.75) is 6.61 Å². The van der Waals surface area contributed by atoms with E-state index in [1.165, 1.54) is 0 Å². The van der Waals surface area contributed by atoms with E-state index in [-0.39, 0.29) is 18.0 Å². The number of nitrogens with one attached hydrogen (secondary N) is 1. The zero-order valence-corrected chi connectivity index (χ0v) is 17.9. The summed E-state index contributed by atoms with van der Waals surface area (Å²) in [6.45, 7) is 0.474. The van der Waals surface area contributed by atoms with Gasteiger partial charge in [-0.15, -0.1) is 12.4 Å². The fourth-order valence-corrected chi connectivity index (χ4v) is 3.12. The molecule has 0 spiro atoms. The van der Waals surface area contributed by atoms with Gasteiger partial charge in [-0.3, -0.25) is 9.78 Å². The molecule has 4 aromatic rings. The Morgan fingerprint density at radius 2 is 1.75 bits per heavy atom. The molecule has 4 rings (SSSR count). The van der Waals surface area contributed by atoms with Crippen LogP contribution in [0.3, 0.4) is 0 Å². The van der Waals surface area contributed by atoms with Gasteiger partial charge in [-0.2, -0.15) is 5.26 Å². The topological polar surface area (TPSA) is 75.0 Å². The summed E-state index contributed by atoms with van der Waals surface area (Å²) in [7, 11) is 0. The SMILES string of the molecule is Cl.N#C/C(=C/c1ccc(OCc2ccccc2)cc1)C(=O)Nc1cccc2ncccc12. The minimum Gasteiger partial charge on any atom is -0.489 e. The Hall–Kier alpha value is -4.14. The molecular formula is C26H20ClN3O2. The van der Waals surface area contributed by atoms with Crippen molar-refractivity contribution < 1.29 is 9.53 Å². The van der Waals surface area contributed by atoms with Crippen molar-refractivity contribution in [3.05, 3.63) is 108 Å². The molecule has 1 N–H and O–H groups in total. The van der Waals surface area contributed by atoms with E-state index in [1.807, 2.05) is 78.9 Å². The predicted octanol–water partition coefficient (Wildman–Crippen LogP) is 5.78. The summed E-state index contributed by atoms with van der Waals surface area (Å²) in [5, 5.41) is 13.1. The molecule has 0 aliphatic carbocycles. The second kappa shape index (κ2) is 10.8. The number of aromatic nitrogens is 1. The summed E-state index contributed by atoms with van der Waals surface area (Å²) >= 11 is 0. The molecule has 0 saturated carbocycles. The summed E-state index contributed by atoms with van der Waals surface area (Å²) < 4.78 is 5.77. The highest BCUT2D eigenvalue weighted by atomic mass is 35.5. The van der Waals surface area contributed by atoms with Gasteiger partial charge in [-0.05, 0) is 53.6 Å². The lowest BCUT2D eigenvalue weighted by Gasteiger charge is -2.08. The van der Waals surface area contributed by atoms with E-state index in [9.17, 15) is 10.1 Å². The largest absolute Gasteiger partial charge is 0.489 e. The number of pyridine rings is 1. The van der Waals surface area contributed by atoms with Crippen LogP contribution >= 0.6 is 12.4 Å². The van der Waals surface area contributed by atoms with Gasteiger partial charge in [-0.1, -0.05) is 48.5 Å². The first-order valence-electron chi connectivity index (χ1n) is 9.76. The summed E-state index contributed by atoms with van der Waals surface area (Å²) in [6.07, 6.45) is 3.25. The fourth-order valence-electron chi connectivity index (χ4n) is 3.12. The molecule has 3 aromatic carbocycles. The van der Waals surface area contributed by atoms with Gasteiger partial charge in [0, 0.05) is 11.6 Å². The first-order chi connectivity index (χ1) is 15.2. The smallest absolute Gasteiger partial charge is 0.266 e. The number of rotatable bonds is 6. The highest BCUT2D eigenvalue weighted by Gasteiger charge is 2.11. The summed E-state index contributed by atoms with van der Waals surface area (Å²) in [4.78, 5) is 17.0. The van der Waals surface area contributed by atoms with Crippen LogP contribution in [0.2, 0.25) is 0 Å². The van der Waals surface area contributed by atoms with Gasteiger partial charge < -0.3 is 10.1 Å². The Labute approximate surface area is 192 Å². The summed E-state index contributed by atoms with van der Waals surface area (Å²) in [6, 6.07) is 28.3. The molecule has 0 aliphatic heterocycles. The molecule has 1 aromatic heterocycles. The van der Waals surface area contributed by atoms with Crippen LogP contribution in [0.5, 0.6) is 5.75 Å². The van der Waals surface area contributed by atoms with E-state index in [1.54, 1.807) is 24.4 Å². The number of anilines is 1. The van der Waals surface area contributed by atoms with Gasteiger partial charge >= 0.3 is 0 Å². The van der Waals surface area contributed by atoms with Crippen molar-refractivity contribution in [2.24, 2.45) is 0 Å². The second-order valence-corrected chi connectivity index (χ2v) is 6.84. The molecule has 0 fully saturated rings. The quantitative estimate of drug-likeness (QED) is 0.304. The zero-order chi connectivity index (χ0) is 21.5. The van der Waals surface area contributed by atoms with E-state index in [0.29, 0.717) is 18.0 Å². The molecule has 0 saturated heterocycles. The second-order valence-electron chi connectivity index (χ2n) is 6.84. The predicted molar refractivity (Wildman–Crippen MR) is 128 cm³/mol. The molecule has 32 heavy (non-hydrogen) atoms. The van der Waals surface area contributed by atoms with E-state index >= 15 is 0 Å². The molecule has 0 bridgehead atoms. The number of benzene rings is 3. The average Bonchev–Trinajstić information content (AvgIpc) is 2.83. The van der Waals surface area contributed by atoms with E-state index in [4.69, 9.17) is 4.74 Å². The van der Waals surface area contributed by atoms with Gasteiger partial charge in [0.15, 0.2) is 0 Å². The Kier molecular flexibility index (Phi) is 7.58. The highest BCUT2D eigenvalue weighted by Crippen LogP contribution is 2.22. The maximum Gasteiger partial charge on any atom is 0.266 e. The van der Waals surface area contributed by atoms with E-state index in [0.717, 1.165) is 22.0 Å². The third-order valence-corrected chi connectivity index (χ3v) is 4.70. The number of fused-ring (bicyclic) bond motifs is 1. The van der Waals surface area contributed by atoms with Crippen LogP contribution in [0.4, 0.5) is 5.69 Å². The van der Waals surface area contributed by atoms with Gasteiger partial charge in [0.05, 0.1) is 11.2 Å². The molecule has 158 valence electrons. The van der Waals surface area contributed by atoms with Crippen molar-refractivity contribution in [3.8, 4) is 11.8 Å². The minimum absolute atomic E-state index is 0. The monoisotopic (exact) mass is 441 g/mol. The number of hydrogen-bond acceptors (Lipinski definition) is 4. The van der Waals surface area contributed by atoms with Crippen LogP contribution in [-0.2, 0) is 11.4 Å². The summed E-state index contributed by atoms with van der Waals surface area (Å²) in [5.41, 5.74) is 3.21. The third-order valence-electron chi connectivity index (χ3n) is 4.70. The van der Waals surface area contributed by atoms with Crippen LogP contribution in [0, 0.1) is 11.3 Å². The third kappa shape index (κ3) is 5.51. The standard InChI is InChI=1S/C26H19N3O2.ClH/c27-17-21(26(30)29-25-10-4-9-24-23(25)8-5-15-28-24)16-19-11-13-22(14-12-19)31-18-20-6-2-1-3-7-20;/h1-16H,18H2,(H,29,30);1H/b21-16-;. The van der Waals surface area contributed by atoms with Crippen LogP contribution < -0.4 is 10.1 Å². The Bertz CT molecular complexity index is 1270. The van der Waals surface area contributed by atoms with Crippen molar-refractivity contribution in [1.29, 1.82) is 5.26 Å². The normalized spacial score (nSPS) is 10.7. The number of nitrogens with zero attached hydrogens (tertiary/aromatic N) is 2. The van der Waals surface area contributed by atoms with E-state index in [2.05, 4.69) is 10.3 Å². The fraction of sp³-hybridized carbons (Fsp3) is 0.0385. The molecule has 1 amide bonds. The number of halogens is 1. The van der Waals surface area contributed by atoms with Gasteiger partial charge in [0.1, 0.15) is 24.0 Å². The van der Waals surface area contributed by atoms with Gasteiger partial charge in [-0.25, -0.2) is 0 Å². The van der Waals surface area contributed by atoms with Gasteiger partial charge in [0.25, 0.3) is 5.91 Å². The zero-order valence-electron chi connectivity index (χ0n) is 17.1. The number of nitriles is 1. The number of amides is 1. The Balaban J connectivity index is 0.00000289. The lowest BCUT2D eigenvalue weighted by Crippen LogP contribution is -2.13. The van der Waals surface area contributed by atoms with Gasteiger partial charge in [0.2, 0.25) is 0 Å². The lowest BCUT2D eigenvalue weighted by molar-refractivity contribution is -0.112. The van der Waals surface area contributed by atoms with Crippen molar-refractivity contribution in [3.63, 3.8) is 0 Å². The molecule has 0 unspecified atom stereocenters. The van der Waals surface area contributed by atoms with E-state index < -0.39 is 5.91 Å². The van der Waals surface area contributed by atoms with Crippen LogP contribution in [0.1, 0.15) is 11.1 Å². The number of hydrogen-bond donors (Lipinski definition) is 1. The first kappa shape index (κ1) is 22.5. The highest BCUT2D eigenvalue weighted by molar-refractivity contribution is 6.12. The molecule has 0 atom stereocenters. The molecule has 5 nitrogen and oxygen atoms in total. The number of carbonyl (C=O) groups is 1. The maximum absolute atomic E-state index is 12.7. The van der Waals surface area contributed by atoms with Crippen molar-refractivity contribution >= 4 is 41.0 Å². The van der Waals surface area contributed by atoms with Crippen molar-refractivity contribution in [2.75, 3.05) is 5.32 Å². The van der Waals surface area contributed by atoms with Crippen LogP contribution in [-0.4, -0.2) is 10.9 Å². The molecule has 6 heteroatoms. The molecule has 0 aliphatic rings. The number of carbonyl (C=O) groups excluding carboxylic acids is 1. The number of ether oxygens (including phenoxy) is 1. The van der Waals surface area contributed by atoms with Crippen LogP contribution in [0.25, 0.3) is 17.0 Å². The minimum atomic E-state index is -0.469. The van der Waals surface area contributed by atoms with Crippen LogP contribution in [0.15, 0.2) is 96.7 Å². The average molecular weight is 442 g/mol. The molecule has 1 heterocycles. The first-order valence-corrected chi connectivity index (χ1v) is 9.76. The summed E-state index contributed by atoms with van der Waals surface area (Å²) in [5.74, 6) is 0.246. The maximum atomic E-state index is 12.7. The Morgan fingerprint density at radius 3 is 2.50 bits per heavy atom.